The zero-order valence-electron chi connectivity index (χ0n) is 9.51. The molecule has 0 aliphatic heterocycles. The molecule has 1 rings (SSSR count). The molecule has 0 radical (unpaired) electrons. The maximum Gasteiger partial charge on any atom is 0.337 e. The molecule has 0 bridgehead atoms. The number of aliphatic carboxylic acids is 1. The molecule has 94 valence electrons. The molecule has 1 aromatic carbocycles. The van der Waals surface area contributed by atoms with Gasteiger partial charge in [0.15, 0.2) is 0 Å². The molecule has 0 unspecified atom stereocenters. The highest BCUT2D eigenvalue weighted by atomic mass is 16.5. The van der Waals surface area contributed by atoms with Gasteiger partial charge < -0.3 is 20.0 Å². The van der Waals surface area contributed by atoms with Crippen LogP contribution < -0.4 is 10.4 Å². The van der Waals surface area contributed by atoms with Gasteiger partial charge in [-0.2, -0.15) is 0 Å². The molecule has 0 heterocycles. The Balaban J connectivity index is 2.76. The standard InChI is InChI=1S/C12H11NO5/c1-18-12(17)8-3-2-4-9(7-8)13-10(14)5-6-11(15)16/h2-7H,1H3,(H,13,14)(H,15,16)/p-1. The lowest BCUT2D eigenvalue weighted by Crippen LogP contribution is -2.20. The topological polar surface area (TPSA) is 95.5 Å². The Bertz CT molecular complexity index is 507. The number of carboxylic acid groups (broad SMARTS) is 1. The summed E-state index contributed by atoms with van der Waals surface area (Å²) in [6, 6.07) is 6.05. The Morgan fingerprint density at radius 2 is 2.00 bits per heavy atom. The van der Waals surface area contributed by atoms with E-state index in [1.54, 1.807) is 12.1 Å². The number of amides is 1. The van der Waals surface area contributed by atoms with E-state index in [4.69, 9.17) is 0 Å². The predicted octanol–water partition coefficient (Wildman–Crippen LogP) is -0.282. The van der Waals surface area contributed by atoms with E-state index < -0.39 is 17.8 Å². The molecule has 1 aromatic rings. The number of carbonyl (C=O) groups excluding carboxylic acids is 3. The van der Waals surface area contributed by atoms with Crippen LogP contribution >= 0.6 is 0 Å². The van der Waals surface area contributed by atoms with E-state index in [1.807, 2.05) is 0 Å². The van der Waals surface area contributed by atoms with Crippen LogP contribution in [0.2, 0.25) is 0 Å². The Morgan fingerprint density at radius 3 is 2.61 bits per heavy atom. The van der Waals surface area contributed by atoms with E-state index in [0.717, 1.165) is 6.08 Å². The lowest BCUT2D eigenvalue weighted by Gasteiger charge is -2.04. The van der Waals surface area contributed by atoms with Crippen LogP contribution in [0.5, 0.6) is 0 Å². The normalized spacial score (nSPS) is 10.1. The van der Waals surface area contributed by atoms with Crippen molar-refractivity contribution in [3.63, 3.8) is 0 Å². The molecule has 0 saturated carbocycles. The van der Waals surface area contributed by atoms with Crippen LogP contribution in [0.3, 0.4) is 0 Å². The molecule has 0 spiro atoms. The third-order valence-electron chi connectivity index (χ3n) is 1.92. The smallest absolute Gasteiger partial charge is 0.337 e. The fourth-order valence-electron chi connectivity index (χ4n) is 1.17. The number of carbonyl (C=O) groups is 3. The molecule has 6 heteroatoms. The van der Waals surface area contributed by atoms with Crippen molar-refractivity contribution < 1.29 is 24.2 Å². The summed E-state index contributed by atoms with van der Waals surface area (Å²) in [5, 5.41) is 12.5. The zero-order chi connectivity index (χ0) is 13.5. The predicted molar refractivity (Wildman–Crippen MR) is 60.6 cm³/mol. The van der Waals surface area contributed by atoms with Gasteiger partial charge in [0.05, 0.1) is 18.6 Å². The van der Waals surface area contributed by atoms with E-state index in [0.29, 0.717) is 11.8 Å². The largest absolute Gasteiger partial charge is 0.545 e. The molecule has 1 N–H and O–H groups in total. The number of methoxy groups -OCH3 is 1. The summed E-state index contributed by atoms with van der Waals surface area (Å²) in [6.07, 6.45) is 1.43. The maximum atomic E-state index is 11.3. The van der Waals surface area contributed by atoms with Gasteiger partial charge >= 0.3 is 5.97 Å². The van der Waals surface area contributed by atoms with Gasteiger partial charge in [-0.05, 0) is 24.3 Å². The van der Waals surface area contributed by atoms with Gasteiger partial charge in [0.2, 0.25) is 5.91 Å². The van der Waals surface area contributed by atoms with Crippen LogP contribution in [0, 0.1) is 0 Å². The average Bonchev–Trinajstić information content (AvgIpc) is 2.35. The molecular formula is C12H10NO5-. The van der Waals surface area contributed by atoms with Crippen LogP contribution in [-0.2, 0) is 14.3 Å². The van der Waals surface area contributed by atoms with Crippen molar-refractivity contribution in [1.82, 2.24) is 0 Å². The summed E-state index contributed by atoms with van der Waals surface area (Å²) in [7, 11) is 1.25. The van der Waals surface area contributed by atoms with Crippen LogP contribution in [0.15, 0.2) is 36.4 Å². The SMILES string of the molecule is COC(=O)c1cccc(NC(=O)C=CC(=O)[O-])c1. The first-order chi connectivity index (χ1) is 8.52. The molecule has 0 aliphatic rings. The minimum Gasteiger partial charge on any atom is -0.545 e. The molecule has 0 saturated heterocycles. The summed E-state index contributed by atoms with van der Waals surface area (Å²) < 4.78 is 4.52. The van der Waals surface area contributed by atoms with Gasteiger partial charge in [0, 0.05) is 11.8 Å². The first-order valence-electron chi connectivity index (χ1n) is 4.91. The summed E-state index contributed by atoms with van der Waals surface area (Å²) in [6.45, 7) is 0. The second-order valence-corrected chi connectivity index (χ2v) is 3.21. The van der Waals surface area contributed by atoms with Crippen molar-refractivity contribution in [2.45, 2.75) is 0 Å². The van der Waals surface area contributed by atoms with Gasteiger partial charge in [-0.25, -0.2) is 4.79 Å². The highest BCUT2D eigenvalue weighted by molar-refractivity contribution is 6.02. The van der Waals surface area contributed by atoms with Crippen molar-refractivity contribution >= 4 is 23.5 Å². The number of hydrogen-bond acceptors (Lipinski definition) is 5. The Kier molecular flexibility index (Phi) is 4.62. The fraction of sp³-hybridized carbons (Fsp3) is 0.0833. The molecule has 0 fully saturated rings. The fourth-order valence-corrected chi connectivity index (χ4v) is 1.17. The lowest BCUT2D eigenvalue weighted by molar-refractivity contribution is -0.297. The minimum atomic E-state index is -1.46. The van der Waals surface area contributed by atoms with Gasteiger partial charge in [-0.15, -0.1) is 0 Å². The van der Waals surface area contributed by atoms with E-state index >= 15 is 0 Å². The van der Waals surface area contributed by atoms with E-state index in [2.05, 4.69) is 10.1 Å². The number of hydrogen-bond donors (Lipinski definition) is 1. The van der Waals surface area contributed by atoms with Crippen molar-refractivity contribution in [3.8, 4) is 0 Å². The molecule has 1 amide bonds. The molecular weight excluding hydrogens is 238 g/mol. The average molecular weight is 248 g/mol. The quantitative estimate of drug-likeness (QED) is 0.584. The van der Waals surface area contributed by atoms with Crippen LogP contribution in [0.25, 0.3) is 0 Å². The van der Waals surface area contributed by atoms with E-state index in [9.17, 15) is 19.5 Å². The second kappa shape index (κ2) is 6.19. The number of rotatable bonds is 4. The monoisotopic (exact) mass is 248 g/mol. The number of esters is 1. The molecule has 6 nitrogen and oxygen atoms in total. The second-order valence-electron chi connectivity index (χ2n) is 3.21. The summed E-state index contributed by atoms with van der Waals surface area (Å²) in [4.78, 5) is 32.6. The highest BCUT2D eigenvalue weighted by Crippen LogP contribution is 2.11. The number of anilines is 1. The summed E-state index contributed by atoms with van der Waals surface area (Å²) in [5.74, 6) is -2.63. The van der Waals surface area contributed by atoms with Crippen molar-refractivity contribution in [1.29, 1.82) is 0 Å². The zero-order valence-corrected chi connectivity index (χ0v) is 9.51. The number of carboxylic acids is 1. The first kappa shape index (κ1) is 13.4. The maximum absolute atomic E-state index is 11.3. The lowest BCUT2D eigenvalue weighted by atomic mass is 10.2. The molecule has 0 atom stereocenters. The van der Waals surface area contributed by atoms with Crippen molar-refractivity contribution in [2.24, 2.45) is 0 Å². The van der Waals surface area contributed by atoms with Crippen molar-refractivity contribution in [3.05, 3.63) is 42.0 Å². The van der Waals surface area contributed by atoms with Gasteiger partial charge in [-0.1, -0.05) is 6.07 Å². The van der Waals surface area contributed by atoms with Crippen LogP contribution in [-0.4, -0.2) is 25.0 Å². The Morgan fingerprint density at radius 1 is 1.28 bits per heavy atom. The van der Waals surface area contributed by atoms with Crippen LogP contribution in [0.1, 0.15) is 10.4 Å². The summed E-state index contributed by atoms with van der Waals surface area (Å²) in [5.41, 5.74) is 0.630. The van der Waals surface area contributed by atoms with E-state index in [1.165, 1.54) is 19.2 Å². The minimum absolute atomic E-state index is 0.277. The van der Waals surface area contributed by atoms with Gasteiger partial charge in [-0.3, -0.25) is 4.79 Å². The Hall–Kier alpha value is -2.63. The third-order valence-corrected chi connectivity index (χ3v) is 1.92. The first-order valence-corrected chi connectivity index (χ1v) is 4.91. The van der Waals surface area contributed by atoms with Crippen LogP contribution in [0.4, 0.5) is 5.69 Å². The summed E-state index contributed by atoms with van der Waals surface area (Å²) >= 11 is 0. The molecule has 0 aromatic heterocycles. The number of nitrogens with one attached hydrogen (secondary N) is 1. The Labute approximate surface area is 103 Å². The van der Waals surface area contributed by atoms with Gasteiger partial charge in [0.25, 0.3) is 0 Å². The molecule has 0 aliphatic carbocycles. The number of benzene rings is 1. The number of ether oxygens (including phenoxy) is 1. The third kappa shape index (κ3) is 4.09. The van der Waals surface area contributed by atoms with E-state index in [-0.39, 0.29) is 5.56 Å². The van der Waals surface area contributed by atoms with Crippen molar-refractivity contribution in [2.75, 3.05) is 12.4 Å². The molecule has 18 heavy (non-hydrogen) atoms. The highest BCUT2D eigenvalue weighted by Gasteiger charge is 2.06. The van der Waals surface area contributed by atoms with Gasteiger partial charge in [0.1, 0.15) is 0 Å².